The maximum absolute atomic E-state index is 12.8. The van der Waals surface area contributed by atoms with Crippen molar-refractivity contribution in [2.24, 2.45) is 0 Å². The van der Waals surface area contributed by atoms with E-state index in [1.807, 2.05) is 20.8 Å². The minimum absolute atomic E-state index is 0.150. The van der Waals surface area contributed by atoms with Crippen molar-refractivity contribution >= 4 is 11.7 Å². The van der Waals surface area contributed by atoms with Crippen LogP contribution in [0.2, 0.25) is 0 Å². The van der Waals surface area contributed by atoms with Crippen molar-refractivity contribution in [3.63, 3.8) is 0 Å². The summed E-state index contributed by atoms with van der Waals surface area (Å²) in [5, 5.41) is 2.96. The van der Waals surface area contributed by atoms with Crippen molar-refractivity contribution in [1.82, 2.24) is 19.6 Å². The fourth-order valence-corrected chi connectivity index (χ4v) is 2.52. The first-order valence-electron chi connectivity index (χ1n) is 7.47. The van der Waals surface area contributed by atoms with Gasteiger partial charge in [-0.1, -0.05) is 27.2 Å². The van der Waals surface area contributed by atoms with Crippen molar-refractivity contribution < 1.29 is 9.53 Å². The van der Waals surface area contributed by atoms with Gasteiger partial charge < -0.3 is 4.74 Å². The van der Waals surface area contributed by atoms with Crippen LogP contribution in [-0.2, 0) is 9.53 Å². The van der Waals surface area contributed by atoms with Crippen LogP contribution in [0.5, 0.6) is 0 Å². The van der Waals surface area contributed by atoms with Crippen LogP contribution < -0.4 is 5.56 Å². The second-order valence-electron chi connectivity index (χ2n) is 5.68. The minimum atomic E-state index is -0.599. The van der Waals surface area contributed by atoms with E-state index in [0.717, 1.165) is 6.42 Å². The Balaban J connectivity index is 2.67. The molecule has 2 heterocycles. The molecule has 0 aliphatic rings. The Hall–Kier alpha value is -2.18. The van der Waals surface area contributed by atoms with Crippen molar-refractivity contribution in [3.8, 4) is 0 Å². The summed E-state index contributed by atoms with van der Waals surface area (Å²) >= 11 is 0. The number of hydrogen-bond donors (Lipinski definition) is 1. The monoisotopic (exact) mass is 306 g/mol. The number of esters is 1. The van der Waals surface area contributed by atoms with E-state index in [0.29, 0.717) is 29.3 Å². The molecule has 0 fully saturated rings. The molecule has 2 aromatic rings. The van der Waals surface area contributed by atoms with Gasteiger partial charge in [0.15, 0.2) is 0 Å². The average molecular weight is 306 g/mol. The van der Waals surface area contributed by atoms with E-state index in [9.17, 15) is 9.59 Å². The third-order valence-corrected chi connectivity index (χ3v) is 3.70. The molecule has 0 aliphatic carbocycles. The number of carbonyl (C=O) groups excluding carboxylic acids is 1. The number of carbonyl (C=O) groups is 1. The van der Waals surface area contributed by atoms with E-state index in [4.69, 9.17) is 4.74 Å². The van der Waals surface area contributed by atoms with Gasteiger partial charge in [-0.15, -0.1) is 0 Å². The largest absolute Gasteiger partial charge is 0.469 e. The van der Waals surface area contributed by atoms with Gasteiger partial charge >= 0.3 is 5.97 Å². The smallest absolute Gasteiger partial charge is 0.313 e. The van der Waals surface area contributed by atoms with E-state index < -0.39 is 11.9 Å². The lowest BCUT2D eigenvalue weighted by atomic mass is 9.94. The molecule has 7 nitrogen and oxygen atoms in total. The van der Waals surface area contributed by atoms with Crippen molar-refractivity contribution in [2.75, 3.05) is 7.11 Å². The Morgan fingerprint density at radius 3 is 2.59 bits per heavy atom. The maximum Gasteiger partial charge on any atom is 0.313 e. The predicted molar refractivity (Wildman–Crippen MR) is 82.1 cm³/mol. The van der Waals surface area contributed by atoms with Gasteiger partial charge in [0.05, 0.1) is 24.3 Å². The number of aromatic nitrogens is 4. The predicted octanol–water partition coefficient (Wildman–Crippen LogP) is 1.91. The Labute approximate surface area is 128 Å². The summed E-state index contributed by atoms with van der Waals surface area (Å²) in [4.78, 5) is 33.5. The van der Waals surface area contributed by atoms with Gasteiger partial charge in [-0.2, -0.15) is 9.50 Å². The Morgan fingerprint density at radius 1 is 1.36 bits per heavy atom. The molecule has 0 saturated carbocycles. The van der Waals surface area contributed by atoms with Crippen LogP contribution in [0.1, 0.15) is 62.5 Å². The highest BCUT2D eigenvalue weighted by atomic mass is 16.5. The second-order valence-corrected chi connectivity index (χ2v) is 5.68. The van der Waals surface area contributed by atoms with Crippen molar-refractivity contribution in [1.29, 1.82) is 0 Å². The van der Waals surface area contributed by atoms with Crippen LogP contribution in [0.3, 0.4) is 0 Å². The average Bonchev–Trinajstić information content (AvgIpc) is 2.89. The van der Waals surface area contributed by atoms with Crippen LogP contribution >= 0.6 is 0 Å². The van der Waals surface area contributed by atoms with Crippen LogP contribution in [-0.4, -0.2) is 32.7 Å². The molecule has 2 rings (SSSR count). The molecule has 120 valence electrons. The molecule has 7 heteroatoms. The van der Waals surface area contributed by atoms with Crippen LogP contribution in [0, 0.1) is 6.92 Å². The first-order valence-corrected chi connectivity index (χ1v) is 7.47. The van der Waals surface area contributed by atoms with Gasteiger partial charge in [-0.3, -0.25) is 14.7 Å². The summed E-state index contributed by atoms with van der Waals surface area (Å²) in [5.41, 5.74) is 0.617. The highest BCUT2D eigenvalue weighted by Gasteiger charge is 2.27. The zero-order valence-corrected chi connectivity index (χ0v) is 13.6. The van der Waals surface area contributed by atoms with Gasteiger partial charge in [0.25, 0.3) is 11.3 Å². The molecule has 0 spiro atoms. The zero-order chi connectivity index (χ0) is 16.4. The molecule has 22 heavy (non-hydrogen) atoms. The number of fused-ring (bicyclic) bond motifs is 1. The number of aryl methyl sites for hydroxylation is 1. The van der Waals surface area contributed by atoms with Crippen LogP contribution in [0.25, 0.3) is 5.78 Å². The lowest BCUT2D eigenvalue weighted by molar-refractivity contribution is -0.142. The van der Waals surface area contributed by atoms with E-state index in [1.165, 1.54) is 11.6 Å². The van der Waals surface area contributed by atoms with Gasteiger partial charge in [0.2, 0.25) is 0 Å². The van der Waals surface area contributed by atoms with Crippen LogP contribution in [0.4, 0.5) is 0 Å². The van der Waals surface area contributed by atoms with Crippen molar-refractivity contribution in [3.05, 3.63) is 27.4 Å². The van der Waals surface area contributed by atoms with Gasteiger partial charge in [0.1, 0.15) is 5.82 Å². The fourth-order valence-electron chi connectivity index (χ4n) is 2.52. The number of H-pyrrole nitrogens is 1. The molecule has 0 radical (unpaired) electrons. The van der Waals surface area contributed by atoms with E-state index in [2.05, 4.69) is 15.1 Å². The molecule has 0 aliphatic heterocycles. The summed E-state index contributed by atoms with van der Waals surface area (Å²) in [7, 11) is 1.33. The molecular weight excluding hydrogens is 284 g/mol. The summed E-state index contributed by atoms with van der Waals surface area (Å²) in [5.74, 6) is 0.156. The number of methoxy groups -OCH3 is 1. The molecule has 1 unspecified atom stereocenters. The Bertz CT molecular complexity index is 745. The third kappa shape index (κ3) is 2.75. The Morgan fingerprint density at radius 2 is 2.05 bits per heavy atom. The molecular formula is C15H22N4O3. The molecule has 1 N–H and O–H groups in total. The van der Waals surface area contributed by atoms with E-state index in [1.54, 1.807) is 6.92 Å². The number of ether oxygens (including phenoxy) is 1. The van der Waals surface area contributed by atoms with Crippen molar-refractivity contribution in [2.45, 2.75) is 52.4 Å². The summed E-state index contributed by atoms with van der Waals surface area (Å²) < 4.78 is 6.15. The molecule has 0 bridgehead atoms. The number of rotatable bonds is 5. The quantitative estimate of drug-likeness (QED) is 0.852. The summed E-state index contributed by atoms with van der Waals surface area (Å²) in [6.07, 6.45) is 1.31. The van der Waals surface area contributed by atoms with Gasteiger partial charge in [0, 0.05) is 5.92 Å². The van der Waals surface area contributed by atoms with E-state index >= 15 is 0 Å². The second kappa shape index (κ2) is 6.29. The fraction of sp³-hybridized carbons (Fsp3) is 0.600. The molecule has 1 atom stereocenters. The zero-order valence-electron chi connectivity index (χ0n) is 13.6. The third-order valence-electron chi connectivity index (χ3n) is 3.70. The number of hydrogen-bond acceptors (Lipinski definition) is 5. The topological polar surface area (TPSA) is 89.3 Å². The standard InChI is InChI=1S/C15H22N4O3/c1-6-7-10(14(21)22-5)11-9(4)16-15-17-12(8(2)3)18-19(15)13(11)20/h8,10H,6-7H2,1-5H3,(H,16,17,18). The number of aromatic amines is 1. The first-order chi connectivity index (χ1) is 10.4. The Kier molecular flexibility index (Phi) is 4.63. The lowest BCUT2D eigenvalue weighted by Gasteiger charge is -2.14. The highest BCUT2D eigenvalue weighted by molar-refractivity contribution is 5.78. The minimum Gasteiger partial charge on any atom is -0.469 e. The maximum atomic E-state index is 12.8. The molecule has 0 saturated heterocycles. The molecule has 0 aromatic carbocycles. The van der Waals surface area contributed by atoms with Gasteiger partial charge in [-0.05, 0) is 13.3 Å². The SMILES string of the molecule is CCCC(C(=O)OC)c1c(C)nc2nc(C(C)C)[nH]n2c1=O. The van der Waals surface area contributed by atoms with Gasteiger partial charge in [-0.25, -0.2) is 4.98 Å². The molecule has 0 amide bonds. The van der Waals surface area contributed by atoms with Crippen LogP contribution in [0.15, 0.2) is 4.79 Å². The summed E-state index contributed by atoms with van der Waals surface area (Å²) in [6, 6.07) is 0. The number of nitrogens with one attached hydrogen (secondary N) is 1. The normalized spacial score (nSPS) is 12.8. The van der Waals surface area contributed by atoms with E-state index in [-0.39, 0.29) is 11.5 Å². The molecule has 2 aromatic heterocycles. The first kappa shape index (κ1) is 16.2. The number of nitrogens with zero attached hydrogens (tertiary/aromatic N) is 3. The lowest BCUT2D eigenvalue weighted by Crippen LogP contribution is -2.28. The highest BCUT2D eigenvalue weighted by Crippen LogP contribution is 2.22. The summed E-state index contributed by atoms with van der Waals surface area (Å²) in [6.45, 7) is 7.64.